The number of nitrogens with one attached hydrogen (secondary N) is 1. The maximum absolute atomic E-state index is 13.3. The van der Waals surface area contributed by atoms with E-state index in [9.17, 15) is 22.8 Å². The molecule has 1 aliphatic rings. The van der Waals surface area contributed by atoms with Crippen LogP contribution >= 0.6 is 11.6 Å². The summed E-state index contributed by atoms with van der Waals surface area (Å²) in [7, 11) is 0. The molecular formula is C21H19ClF3N5O3. The van der Waals surface area contributed by atoms with Crippen molar-refractivity contribution in [3.05, 3.63) is 58.5 Å². The van der Waals surface area contributed by atoms with E-state index in [1.54, 1.807) is 37.3 Å². The first kappa shape index (κ1) is 22.8. The minimum absolute atomic E-state index is 0.00551. The molecule has 0 bridgehead atoms. The van der Waals surface area contributed by atoms with Gasteiger partial charge in [0.15, 0.2) is 11.5 Å². The Morgan fingerprint density at radius 2 is 1.94 bits per heavy atom. The summed E-state index contributed by atoms with van der Waals surface area (Å²) in [5, 5.41) is 9.82. The van der Waals surface area contributed by atoms with E-state index in [1.807, 2.05) is 0 Å². The van der Waals surface area contributed by atoms with Gasteiger partial charge in [0, 0.05) is 5.92 Å². The number of benzene rings is 1. The van der Waals surface area contributed by atoms with Crippen LogP contribution in [0.15, 0.2) is 36.5 Å². The number of halogens is 4. The molecule has 1 amide bonds. The molecule has 1 aromatic carbocycles. The van der Waals surface area contributed by atoms with Crippen LogP contribution in [0.4, 0.5) is 19.0 Å². The van der Waals surface area contributed by atoms with Crippen molar-refractivity contribution >= 4 is 29.3 Å². The number of anilines is 1. The van der Waals surface area contributed by atoms with Crippen LogP contribution in [0, 0.1) is 0 Å². The van der Waals surface area contributed by atoms with Gasteiger partial charge in [-0.2, -0.15) is 23.4 Å². The van der Waals surface area contributed by atoms with Gasteiger partial charge in [0.2, 0.25) is 5.91 Å². The Bertz CT molecular complexity index is 1190. The molecule has 12 heteroatoms. The highest BCUT2D eigenvalue weighted by Gasteiger charge is 2.42. The molecule has 0 unspecified atom stereocenters. The number of rotatable bonds is 7. The number of para-hydroxylation sites is 1. The van der Waals surface area contributed by atoms with Gasteiger partial charge in [0.05, 0.1) is 29.2 Å². The van der Waals surface area contributed by atoms with Crippen LogP contribution in [0.3, 0.4) is 0 Å². The van der Waals surface area contributed by atoms with Crippen molar-refractivity contribution in [2.75, 3.05) is 11.9 Å². The minimum atomic E-state index is -4.74. The number of amides is 1. The van der Waals surface area contributed by atoms with Gasteiger partial charge in [0.25, 0.3) is 0 Å². The third-order valence-electron chi connectivity index (χ3n) is 4.98. The fourth-order valence-corrected chi connectivity index (χ4v) is 3.80. The molecule has 1 saturated carbocycles. The highest BCUT2D eigenvalue weighted by molar-refractivity contribution is 6.32. The number of alkyl halides is 3. The molecule has 1 fully saturated rings. The number of hydrogen-bond donors (Lipinski definition) is 1. The van der Waals surface area contributed by atoms with Crippen molar-refractivity contribution in [2.45, 2.75) is 38.4 Å². The number of ether oxygens (including phenoxy) is 1. The van der Waals surface area contributed by atoms with Gasteiger partial charge in [-0.25, -0.2) is 9.48 Å². The van der Waals surface area contributed by atoms with Crippen LogP contribution in [0.1, 0.15) is 47.4 Å². The second-order valence-corrected chi connectivity index (χ2v) is 7.78. The van der Waals surface area contributed by atoms with Gasteiger partial charge in [-0.3, -0.25) is 9.48 Å². The molecule has 2 heterocycles. The predicted molar refractivity (Wildman–Crippen MR) is 112 cm³/mol. The van der Waals surface area contributed by atoms with Gasteiger partial charge in [0.1, 0.15) is 12.1 Å². The zero-order valence-electron chi connectivity index (χ0n) is 17.4. The number of aromatic nitrogens is 4. The van der Waals surface area contributed by atoms with Crippen LogP contribution < -0.4 is 5.32 Å². The van der Waals surface area contributed by atoms with E-state index in [0.29, 0.717) is 18.5 Å². The van der Waals surface area contributed by atoms with Crippen LogP contribution in [0.2, 0.25) is 5.02 Å². The van der Waals surface area contributed by atoms with Gasteiger partial charge in [-0.1, -0.05) is 29.8 Å². The third kappa shape index (κ3) is 4.72. The molecule has 0 spiro atoms. The molecule has 0 atom stereocenters. The molecule has 0 saturated heterocycles. The smallest absolute Gasteiger partial charge is 0.436 e. The average molecular weight is 482 g/mol. The third-order valence-corrected chi connectivity index (χ3v) is 5.35. The topological polar surface area (TPSA) is 91.0 Å². The summed E-state index contributed by atoms with van der Waals surface area (Å²) in [6.07, 6.45) is -2.16. The molecule has 174 valence electrons. The van der Waals surface area contributed by atoms with E-state index < -0.39 is 35.3 Å². The first-order valence-corrected chi connectivity index (χ1v) is 10.5. The van der Waals surface area contributed by atoms with Crippen molar-refractivity contribution in [1.82, 2.24) is 19.6 Å². The molecule has 0 radical (unpaired) electrons. The number of hydrogen-bond acceptors (Lipinski definition) is 5. The van der Waals surface area contributed by atoms with E-state index in [4.69, 9.17) is 16.3 Å². The summed E-state index contributed by atoms with van der Waals surface area (Å²) in [6, 6.07) is 8.71. The monoisotopic (exact) mass is 481 g/mol. The second-order valence-electron chi connectivity index (χ2n) is 7.40. The minimum Gasteiger partial charge on any atom is -0.462 e. The standard InChI is InChI=1S/C21H19ClF3N5O3/c1-2-33-20(32)14-10-26-30(13-6-4-3-5-7-13)19(14)27-15(31)11-29-17(12-8-9-12)16(22)18(28-29)21(23,24)25/h3-7,10,12H,2,8-9,11H2,1H3,(H,27,31). The Kier molecular flexibility index (Phi) is 6.15. The SMILES string of the molecule is CCOC(=O)c1cnn(-c2ccccc2)c1NC(=O)Cn1nc(C(F)(F)F)c(Cl)c1C1CC1. The highest BCUT2D eigenvalue weighted by Crippen LogP contribution is 2.46. The van der Waals surface area contributed by atoms with Crippen molar-refractivity contribution in [3.8, 4) is 5.69 Å². The average Bonchev–Trinajstić information content (AvgIpc) is 3.41. The van der Waals surface area contributed by atoms with E-state index in [2.05, 4.69) is 15.5 Å². The van der Waals surface area contributed by atoms with Crippen molar-refractivity contribution < 1.29 is 27.5 Å². The van der Waals surface area contributed by atoms with Gasteiger partial charge in [-0.15, -0.1) is 0 Å². The van der Waals surface area contributed by atoms with Crippen molar-refractivity contribution in [3.63, 3.8) is 0 Å². The van der Waals surface area contributed by atoms with E-state index in [1.165, 1.54) is 10.9 Å². The summed E-state index contributed by atoms with van der Waals surface area (Å²) < 4.78 is 47.2. The number of carbonyl (C=O) groups excluding carboxylic acids is 2. The Morgan fingerprint density at radius 1 is 1.24 bits per heavy atom. The van der Waals surface area contributed by atoms with E-state index in [0.717, 1.165) is 4.68 Å². The quantitative estimate of drug-likeness (QED) is 0.504. The lowest BCUT2D eigenvalue weighted by molar-refractivity contribution is -0.141. The number of nitrogens with zero attached hydrogens (tertiary/aromatic N) is 4. The molecule has 1 aliphatic carbocycles. The maximum atomic E-state index is 13.3. The molecule has 33 heavy (non-hydrogen) atoms. The molecule has 2 aromatic heterocycles. The van der Waals surface area contributed by atoms with Crippen LogP contribution in [-0.2, 0) is 22.3 Å². The Morgan fingerprint density at radius 3 is 2.55 bits per heavy atom. The summed E-state index contributed by atoms with van der Waals surface area (Å²) in [5.41, 5.74) is -0.476. The van der Waals surface area contributed by atoms with Crippen LogP contribution in [-0.4, -0.2) is 38.0 Å². The zero-order chi connectivity index (χ0) is 23.8. The molecule has 3 aromatic rings. The lowest BCUT2D eigenvalue weighted by Gasteiger charge is -2.12. The Labute approximate surface area is 191 Å². The van der Waals surface area contributed by atoms with Crippen molar-refractivity contribution in [1.29, 1.82) is 0 Å². The zero-order valence-corrected chi connectivity index (χ0v) is 18.2. The summed E-state index contributed by atoms with van der Waals surface area (Å²) in [5.74, 6) is -1.55. The maximum Gasteiger partial charge on any atom is 0.436 e. The summed E-state index contributed by atoms with van der Waals surface area (Å²) in [6.45, 7) is 1.22. The van der Waals surface area contributed by atoms with E-state index in [-0.39, 0.29) is 29.6 Å². The van der Waals surface area contributed by atoms with Gasteiger partial charge < -0.3 is 10.1 Å². The Balaban J connectivity index is 1.65. The molecule has 4 rings (SSSR count). The molecule has 0 aliphatic heterocycles. The normalized spacial score (nSPS) is 13.7. The van der Waals surface area contributed by atoms with Crippen molar-refractivity contribution in [2.24, 2.45) is 0 Å². The fraction of sp³-hybridized carbons (Fsp3) is 0.333. The molecule has 1 N–H and O–H groups in total. The van der Waals surface area contributed by atoms with Crippen LogP contribution in [0.5, 0.6) is 0 Å². The second kappa shape index (κ2) is 8.89. The lowest BCUT2D eigenvalue weighted by Crippen LogP contribution is -2.24. The van der Waals surface area contributed by atoms with Crippen LogP contribution in [0.25, 0.3) is 5.69 Å². The number of carbonyl (C=O) groups is 2. The molecule has 8 nitrogen and oxygen atoms in total. The van der Waals surface area contributed by atoms with E-state index >= 15 is 0 Å². The number of esters is 1. The largest absolute Gasteiger partial charge is 0.462 e. The van der Waals surface area contributed by atoms with Gasteiger partial charge in [-0.05, 0) is 31.9 Å². The first-order chi connectivity index (χ1) is 15.7. The lowest BCUT2D eigenvalue weighted by atomic mass is 10.2. The summed E-state index contributed by atoms with van der Waals surface area (Å²) >= 11 is 5.97. The molecular weight excluding hydrogens is 463 g/mol. The fourth-order valence-electron chi connectivity index (χ4n) is 3.40. The van der Waals surface area contributed by atoms with Gasteiger partial charge >= 0.3 is 12.1 Å². The highest BCUT2D eigenvalue weighted by atomic mass is 35.5. The summed E-state index contributed by atoms with van der Waals surface area (Å²) in [4.78, 5) is 25.2. The first-order valence-electron chi connectivity index (χ1n) is 10.1. The predicted octanol–water partition coefficient (Wildman–Crippen LogP) is 4.43. The Hall–Kier alpha value is -3.34.